The summed E-state index contributed by atoms with van der Waals surface area (Å²) < 4.78 is 16.5. The molecule has 0 aliphatic carbocycles. The van der Waals surface area contributed by atoms with E-state index in [1.807, 2.05) is 0 Å². The molecule has 0 aromatic heterocycles. The van der Waals surface area contributed by atoms with Gasteiger partial charge in [0.25, 0.3) is 0 Å². The zero-order valence-corrected chi connectivity index (χ0v) is 31.3. The summed E-state index contributed by atoms with van der Waals surface area (Å²) in [5.74, 6) is 1.66. The molecule has 0 aliphatic heterocycles. The summed E-state index contributed by atoms with van der Waals surface area (Å²) in [6.45, 7) is 2.15. The predicted octanol–water partition coefficient (Wildman–Crippen LogP) is 14.2. The van der Waals surface area contributed by atoms with Crippen molar-refractivity contribution in [2.45, 2.75) is 193 Å². The Bertz CT molecular complexity index is 522. The van der Waals surface area contributed by atoms with E-state index in [2.05, 4.69) is 24.3 Å². The van der Waals surface area contributed by atoms with E-state index in [1.165, 1.54) is 167 Å². The Balaban J connectivity index is 3.13. The fourth-order valence-corrected chi connectivity index (χ4v) is 5.97. The summed E-state index contributed by atoms with van der Waals surface area (Å²) in [5, 5.41) is 0. The maximum absolute atomic E-state index is 5.72. The van der Waals surface area contributed by atoms with Crippen LogP contribution in [0.3, 0.4) is 0 Å². The van der Waals surface area contributed by atoms with Crippen molar-refractivity contribution < 1.29 is 14.2 Å². The molecule has 0 aromatic carbocycles. The molecule has 5 heteroatoms. The van der Waals surface area contributed by atoms with Crippen LogP contribution in [0.5, 0.6) is 0 Å². The van der Waals surface area contributed by atoms with Crippen LogP contribution in [-0.4, -0.2) is 38.6 Å². The minimum atomic E-state index is 0.327. The van der Waals surface area contributed by atoms with E-state index in [4.69, 9.17) is 37.4 Å². The van der Waals surface area contributed by atoms with Gasteiger partial charge < -0.3 is 14.2 Å². The largest absolute Gasteiger partial charge is 0.355 e. The number of ether oxygens (including phenoxy) is 3. The Morgan fingerprint density at radius 1 is 0.267 bits per heavy atom. The van der Waals surface area contributed by atoms with Crippen LogP contribution in [0.2, 0.25) is 0 Å². The van der Waals surface area contributed by atoms with E-state index in [1.54, 1.807) is 0 Å². The quantitative estimate of drug-likeness (QED) is 0.0280. The summed E-state index contributed by atoms with van der Waals surface area (Å²) in [7, 11) is 0. The molecule has 45 heavy (non-hydrogen) atoms. The van der Waals surface area contributed by atoms with E-state index < -0.39 is 0 Å². The highest BCUT2D eigenvalue weighted by Gasteiger charge is 1.96. The zero-order chi connectivity index (χ0) is 32.4. The lowest BCUT2D eigenvalue weighted by molar-refractivity contribution is -0.131. The fourth-order valence-electron chi connectivity index (χ4n) is 5.60. The molecule has 0 radical (unpaired) electrons. The highest BCUT2D eigenvalue weighted by atomic mass is 35.5. The molecule has 0 atom stereocenters. The Morgan fingerprint density at radius 2 is 0.511 bits per heavy atom. The number of alkyl halides is 2. The normalized spacial score (nSPS) is 12.0. The third-order valence-electron chi connectivity index (χ3n) is 8.49. The summed E-state index contributed by atoms with van der Waals surface area (Å²) in [6, 6.07) is 0. The molecule has 0 amide bonds. The second-order valence-corrected chi connectivity index (χ2v) is 13.7. The standard InChI is InChI=1S/C40H76Cl2O3/c41-35-31-27-23-19-15-11-7-3-1-5-9-13-17-21-25-29-33-37-43-39-45-40-44-38-34-30-26-22-18-14-10-6-2-4-8-12-16-20-24-28-32-36-42/h21-22,25-26H,1-20,23-24,27-40H2. The highest BCUT2D eigenvalue weighted by molar-refractivity contribution is 6.18. The van der Waals surface area contributed by atoms with Gasteiger partial charge >= 0.3 is 0 Å². The SMILES string of the molecule is ClCCCCCCCCCCCCCCC=CCCCOCOCOCCCC=CCCCCCCCCCCCCCCCl. The Hall–Kier alpha value is -0.0600. The van der Waals surface area contributed by atoms with Gasteiger partial charge in [-0.3, -0.25) is 0 Å². The van der Waals surface area contributed by atoms with E-state index in [0.717, 1.165) is 50.7 Å². The van der Waals surface area contributed by atoms with Crippen LogP contribution < -0.4 is 0 Å². The lowest BCUT2D eigenvalue weighted by atomic mass is 10.0. The van der Waals surface area contributed by atoms with Crippen LogP contribution in [0.4, 0.5) is 0 Å². The minimum absolute atomic E-state index is 0.327. The summed E-state index contributed by atoms with van der Waals surface area (Å²) in [5.41, 5.74) is 0. The van der Waals surface area contributed by atoms with Crippen molar-refractivity contribution in [2.24, 2.45) is 0 Å². The molecule has 3 nitrogen and oxygen atoms in total. The molecular formula is C40H76Cl2O3. The van der Waals surface area contributed by atoms with Crippen molar-refractivity contribution >= 4 is 23.2 Å². The van der Waals surface area contributed by atoms with Crippen molar-refractivity contribution in [1.82, 2.24) is 0 Å². The first-order valence-corrected chi connectivity index (χ1v) is 20.6. The van der Waals surface area contributed by atoms with Gasteiger partial charge in [0.1, 0.15) is 13.6 Å². The number of unbranched alkanes of at least 4 members (excludes halogenated alkanes) is 26. The third kappa shape index (κ3) is 43.9. The van der Waals surface area contributed by atoms with E-state index in [-0.39, 0.29) is 0 Å². The maximum Gasteiger partial charge on any atom is 0.149 e. The lowest BCUT2D eigenvalue weighted by Crippen LogP contribution is -2.06. The Morgan fingerprint density at radius 3 is 0.800 bits per heavy atom. The van der Waals surface area contributed by atoms with Crippen molar-refractivity contribution in [1.29, 1.82) is 0 Å². The van der Waals surface area contributed by atoms with Crippen LogP contribution in [-0.2, 0) is 14.2 Å². The number of hydrogen-bond acceptors (Lipinski definition) is 3. The monoisotopic (exact) mass is 675 g/mol. The topological polar surface area (TPSA) is 27.7 Å². The smallest absolute Gasteiger partial charge is 0.149 e. The van der Waals surface area contributed by atoms with Crippen LogP contribution in [0, 0.1) is 0 Å². The molecule has 0 saturated heterocycles. The molecule has 0 saturated carbocycles. The zero-order valence-electron chi connectivity index (χ0n) is 29.7. The average Bonchev–Trinajstić information content (AvgIpc) is 3.05. The van der Waals surface area contributed by atoms with Crippen molar-refractivity contribution in [3.63, 3.8) is 0 Å². The lowest BCUT2D eigenvalue weighted by Gasteiger charge is -2.06. The van der Waals surface area contributed by atoms with Crippen LogP contribution in [0.1, 0.15) is 193 Å². The molecule has 0 fully saturated rings. The van der Waals surface area contributed by atoms with Gasteiger partial charge in [-0.15, -0.1) is 23.2 Å². The summed E-state index contributed by atoms with van der Waals surface area (Å²) in [6.07, 6.45) is 49.0. The van der Waals surface area contributed by atoms with Gasteiger partial charge in [-0.1, -0.05) is 153 Å². The minimum Gasteiger partial charge on any atom is -0.355 e. The van der Waals surface area contributed by atoms with E-state index >= 15 is 0 Å². The van der Waals surface area contributed by atoms with Crippen LogP contribution in [0.15, 0.2) is 24.3 Å². The number of hydrogen-bond donors (Lipinski definition) is 0. The van der Waals surface area contributed by atoms with Gasteiger partial charge in [0.05, 0.1) is 0 Å². The fraction of sp³-hybridized carbons (Fsp3) is 0.900. The molecular weight excluding hydrogens is 599 g/mol. The van der Waals surface area contributed by atoms with Crippen LogP contribution >= 0.6 is 23.2 Å². The second-order valence-electron chi connectivity index (χ2n) is 12.9. The molecule has 0 heterocycles. The molecule has 268 valence electrons. The van der Waals surface area contributed by atoms with Gasteiger partial charge in [-0.25, -0.2) is 0 Å². The van der Waals surface area contributed by atoms with Crippen molar-refractivity contribution in [3.8, 4) is 0 Å². The van der Waals surface area contributed by atoms with E-state index in [0.29, 0.717) is 13.6 Å². The molecule has 0 spiro atoms. The second kappa shape index (κ2) is 43.9. The van der Waals surface area contributed by atoms with Gasteiger partial charge in [0.2, 0.25) is 0 Å². The van der Waals surface area contributed by atoms with Gasteiger partial charge in [0, 0.05) is 25.0 Å². The Labute approximate surface area is 292 Å². The first-order chi connectivity index (χ1) is 22.4. The summed E-state index contributed by atoms with van der Waals surface area (Å²) in [4.78, 5) is 0. The van der Waals surface area contributed by atoms with Crippen LogP contribution in [0.25, 0.3) is 0 Å². The molecule has 0 N–H and O–H groups in total. The average molecular weight is 676 g/mol. The molecule has 0 aliphatic rings. The predicted molar refractivity (Wildman–Crippen MR) is 201 cm³/mol. The van der Waals surface area contributed by atoms with Gasteiger partial charge in [-0.05, 0) is 64.2 Å². The van der Waals surface area contributed by atoms with E-state index in [9.17, 15) is 0 Å². The summed E-state index contributed by atoms with van der Waals surface area (Å²) >= 11 is 11.4. The number of rotatable bonds is 40. The molecule has 0 rings (SSSR count). The van der Waals surface area contributed by atoms with Crippen molar-refractivity contribution in [3.05, 3.63) is 24.3 Å². The maximum atomic E-state index is 5.72. The Kier molecular flexibility index (Phi) is 43.9. The molecule has 0 aromatic rings. The molecule has 0 unspecified atom stereocenters. The van der Waals surface area contributed by atoms with Gasteiger partial charge in [0.15, 0.2) is 0 Å². The first-order valence-electron chi connectivity index (χ1n) is 19.6. The van der Waals surface area contributed by atoms with Gasteiger partial charge in [-0.2, -0.15) is 0 Å². The highest BCUT2D eigenvalue weighted by Crippen LogP contribution is 2.14. The van der Waals surface area contributed by atoms with Crippen molar-refractivity contribution in [2.75, 3.05) is 38.6 Å². The number of halogens is 2. The number of allylic oxidation sites excluding steroid dienone is 4. The first kappa shape index (κ1) is 44.9. The third-order valence-corrected chi connectivity index (χ3v) is 9.03. The molecule has 0 bridgehead atoms.